The molecule has 0 bridgehead atoms. The van der Waals surface area contributed by atoms with Gasteiger partial charge in [-0.15, -0.1) is 0 Å². The lowest BCUT2D eigenvalue weighted by molar-refractivity contribution is 0.275. The molecular formula is C13H20BrN3. The van der Waals surface area contributed by atoms with Gasteiger partial charge < -0.3 is 15.5 Å². The zero-order valence-corrected chi connectivity index (χ0v) is 12.1. The predicted molar refractivity (Wildman–Crippen MR) is 76.3 cm³/mol. The van der Waals surface area contributed by atoms with Gasteiger partial charge in [0.1, 0.15) is 0 Å². The van der Waals surface area contributed by atoms with E-state index in [1.807, 2.05) is 0 Å². The average Bonchev–Trinajstić information content (AvgIpc) is 2.30. The highest BCUT2D eigenvalue weighted by molar-refractivity contribution is 9.10. The number of hydrogen-bond acceptors (Lipinski definition) is 3. The molecule has 1 unspecified atom stereocenters. The highest BCUT2D eigenvalue weighted by Crippen LogP contribution is 2.27. The zero-order chi connectivity index (χ0) is 12.4. The first kappa shape index (κ1) is 12.9. The lowest BCUT2D eigenvalue weighted by Gasteiger charge is -2.40. The first-order valence-electron chi connectivity index (χ1n) is 6.05. The zero-order valence-electron chi connectivity index (χ0n) is 10.5. The third-order valence-corrected chi connectivity index (χ3v) is 3.89. The van der Waals surface area contributed by atoms with Crippen LogP contribution in [0.2, 0.25) is 0 Å². The van der Waals surface area contributed by atoms with Crippen molar-refractivity contribution in [1.29, 1.82) is 0 Å². The molecular weight excluding hydrogens is 278 g/mol. The molecule has 17 heavy (non-hydrogen) atoms. The van der Waals surface area contributed by atoms with E-state index in [1.54, 1.807) is 0 Å². The minimum Gasteiger partial charge on any atom is -0.366 e. The van der Waals surface area contributed by atoms with Crippen LogP contribution < -0.4 is 10.6 Å². The normalized spacial score (nSPS) is 21.9. The molecule has 1 aromatic rings. The quantitative estimate of drug-likeness (QED) is 0.907. The maximum atomic E-state index is 5.84. The topological polar surface area (TPSA) is 32.5 Å². The Bertz CT molecular complexity index is 394. The van der Waals surface area contributed by atoms with Gasteiger partial charge in [-0.1, -0.05) is 15.9 Å². The molecule has 1 fully saturated rings. The Morgan fingerprint density at radius 1 is 1.41 bits per heavy atom. The highest BCUT2D eigenvalue weighted by Gasteiger charge is 2.23. The number of halogens is 1. The molecule has 1 aromatic carbocycles. The van der Waals surface area contributed by atoms with Crippen LogP contribution in [0.15, 0.2) is 22.7 Å². The van der Waals surface area contributed by atoms with Gasteiger partial charge in [0.15, 0.2) is 0 Å². The van der Waals surface area contributed by atoms with Crippen LogP contribution >= 0.6 is 15.9 Å². The van der Waals surface area contributed by atoms with Gasteiger partial charge in [0, 0.05) is 42.4 Å². The summed E-state index contributed by atoms with van der Waals surface area (Å²) in [6.45, 7) is 6.17. The van der Waals surface area contributed by atoms with Crippen molar-refractivity contribution in [2.45, 2.75) is 19.5 Å². The van der Waals surface area contributed by atoms with Crippen LogP contribution in [0.3, 0.4) is 0 Å². The standard InChI is InChI=1S/C13H20BrN3/c1-10-9-16(2)5-6-17(10)13-4-3-12(14)7-11(13)8-15/h3-4,7,10H,5-6,8-9,15H2,1-2H3. The fourth-order valence-corrected chi connectivity index (χ4v) is 2.90. The Balaban J connectivity index is 2.27. The molecule has 0 amide bonds. The van der Waals surface area contributed by atoms with Gasteiger partial charge in [-0.05, 0) is 37.7 Å². The number of nitrogens with zero attached hydrogens (tertiary/aromatic N) is 2. The van der Waals surface area contributed by atoms with Crippen molar-refractivity contribution >= 4 is 21.6 Å². The van der Waals surface area contributed by atoms with Crippen LogP contribution in [-0.2, 0) is 6.54 Å². The monoisotopic (exact) mass is 297 g/mol. The second-order valence-corrected chi connectivity index (χ2v) is 5.70. The van der Waals surface area contributed by atoms with E-state index in [0.29, 0.717) is 12.6 Å². The molecule has 0 radical (unpaired) electrons. The van der Waals surface area contributed by atoms with E-state index in [1.165, 1.54) is 11.3 Å². The highest BCUT2D eigenvalue weighted by atomic mass is 79.9. The van der Waals surface area contributed by atoms with Crippen molar-refractivity contribution in [2.24, 2.45) is 5.73 Å². The van der Waals surface area contributed by atoms with E-state index >= 15 is 0 Å². The number of anilines is 1. The number of nitrogens with two attached hydrogens (primary N) is 1. The van der Waals surface area contributed by atoms with Gasteiger partial charge in [0.05, 0.1) is 0 Å². The maximum Gasteiger partial charge on any atom is 0.0415 e. The van der Waals surface area contributed by atoms with Crippen LogP contribution in [0.25, 0.3) is 0 Å². The molecule has 4 heteroatoms. The Morgan fingerprint density at radius 2 is 2.18 bits per heavy atom. The van der Waals surface area contributed by atoms with Gasteiger partial charge in [0.25, 0.3) is 0 Å². The summed E-state index contributed by atoms with van der Waals surface area (Å²) in [4.78, 5) is 4.84. The third-order valence-electron chi connectivity index (χ3n) is 3.40. The minimum atomic E-state index is 0.542. The molecule has 1 heterocycles. The van der Waals surface area contributed by atoms with Gasteiger partial charge >= 0.3 is 0 Å². The SMILES string of the molecule is CC1CN(C)CCN1c1ccc(Br)cc1CN. The fraction of sp³-hybridized carbons (Fsp3) is 0.538. The van der Waals surface area contributed by atoms with Crippen LogP contribution in [0, 0.1) is 0 Å². The first-order valence-corrected chi connectivity index (χ1v) is 6.85. The van der Waals surface area contributed by atoms with E-state index in [4.69, 9.17) is 5.73 Å². The Hall–Kier alpha value is -0.580. The van der Waals surface area contributed by atoms with Crippen molar-refractivity contribution in [3.05, 3.63) is 28.2 Å². The number of benzene rings is 1. The predicted octanol–water partition coefficient (Wildman–Crippen LogP) is 2.05. The second-order valence-electron chi connectivity index (χ2n) is 4.78. The fourth-order valence-electron chi connectivity index (χ4n) is 2.50. The molecule has 1 aliphatic heterocycles. The molecule has 1 saturated heterocycles. The Kier molecular flexibility index (Phi) is 4.07. The summed E-state index contributed by atoms with van der Waals surface area (Å²) in [6, 6.07) is 6.94. The molecule has 0 saturated carbocycles. The number of likely N-dealkylation sites (N-methyl/N-ethyl adjacent to an activating group) is 1. The van der Waals surface area contributed by atoms with E-state index in [0.717, 1.165) is 24.1 Å². The lowest BCUT2D eigenvalue weighted by Crippen LogP contribution is -2.50. The summed E-state index contributed by atoms with van der Waals surface area (Å²) in [7, 11) is 2.18. The van der Waals surface area contributed by atoms with Crippen molar-refractivity contribution in [1.82, 2.24) is 4.90 Å². The molecule has 2 rings (SSSR count). The van der Waals surface area contributed by atoms with Crippen molar-refractivity contribution in [3.8, 4) is 0 Å². The third kappa shape index (κ3) is 2.81. The summed E-state index contributed by atoms with van der Waals surface area (Å²) in [5.74, 6) is 0. The van der Waals surface area contributed by atoms with Crippen molar-refractivity contribution < 1.29 is 0 Å². The Morgan fingerprint density at radius 3 is 2.82 bits per heavy atom. The molecule has 1 atom stereocenters. The summed E-state index contributed by atoms with van der Waals surface area (Å²) >= 11 is 3.50. The molecule has 2 N–H and O–H groups in total. The minimum absolute atomic E-state index is 0.542. The molecule has 3 nitrogen and oxygen atoms in total. The van der Waals surface area contributed by atoms with Crippen LogP contribution in [0.5, 0.6) is 0 Å². The van der Waals surface area contributed by atoms with E-state index in [-0.39, 0.29) is 0 Å². The van der Waals surface area contributed by atoms with Crippen LogP contribution in [0.1, 0.15) is 12.5 Å². The summed E-state index contributed by atoms with van der Waals surface area (Å²) in [6.07, 6.45) is 0. The largest absolute Gasteiger partial charge is 0.366 e. The molecule has 0 aromatic heterocycles. The van der Waals surface area contributed by atoms with E-state index in [9.17, 15) is 0 Å². The Labute approximate surface area is 112 Å². The molecule has 1 aliphatic rings. The van der Waals surface area contributed by atoms with Gasteiger partial charge in [0.2, 0.25) is 0 Å². The molecule has 0 spiro atoms. The van der Waals surface area contributed by atoms with Gasteiger partial charge in [-0.25, -0.2) is 0 Å². The van der Waals surface area contributed by atoms with Gasteiger partial charge in [-0.3, -0.25) is 0 Å². The smallest absolute Gasteiger partial charge is 0.0415 e. The average molecular weight is 298 g/mol. The summed E-state index contributed by atoms with van der Waals surface area (Å²) in [5, 5.41) is 0. The first-order chi connectivity index (χ1) is 8.11. The van der Waals surface area contributed by atoms with Crippen molar-refractivity contribution in [3.63, 3.8) is 0 Å². The molecule has 94 valence electrons. The van der Waals surface area contributed by atoms with Crippen LogP contribution in [-0.4, -0.2) is 37.6 Å². The number of hydrogen-bond donors (Lipinski definition) is 1. The second kappa shape index (κ2) is 5.38. The lowest BCUT2D eigenvalue weighted by atomic mass is 10.1. The van der Waals surface area contributed by atoms with E-state index < -0.39 is 0 Å². The van der Waals surface area contributed by atoms with Gasteiger partial charge in [-0.2, -0.15) is 0 Å². The number of piperazine rings is 1. The summed E-state index contributed by atoms with van der Waals surface area (Å²) < 4.78 is 1.10. The molecule has 0 aliphatic carbocycles. The van der Waals surface area contributed by atoms with E-state index in [2.05, 4.69) is 57.9 Å². The maximum absolute atomic E-state index is 5.84. The summed E-state index contributed by atoms with van der Waals surface area (Å²) in [5.41, 5.74) is 8.35. The van der Waals surface area contributed by atoms with Crippen LogP contribution in [0.4, 0.5) is 5.69 Å². The number of rotatable bonds is 2. The van der Waals surface area contributed by atoms with Crippen molar-refractivity contribution in [2.75, 3.05) is 31.6 Å².